The standard InChI is InChI=1S/C34H36IN3O10S3.2K/c1-33(2)25-17-21(36-31(39)20-35)11-13-26(25)37(5)29(33)9-7-6-8-10-30-34(3,4)32-24-18-22(50(43,44)45)19-28(51(46,47)48)23(24)12-14-27(32)38(30)15-16-49(40,41)42;;/h6-14,17-19H,15-16,20H2,1-5H3,(H3-,36,39,40,41,42,43,44,45,46,47,48);;/q;2*+1/p-2. The van der Waals surface area contributed by atoms with Crippen LogP contribution >= 0.6 is 22.6 Å². The van der Waals surface area contributed by atoms with Gasteiger partial charge in [-0.25, -0.2) is 25.3 Å². The maximum absolute atomic E-state index is 12.2. The smallest absolute Gasteiger partial charge is 0.748 e. The summed E-state index contributed by atoms with van der Waals surface area (Å²) in [6, 6.07) is 10.1. The van der Waals surface area contributed by atoms with Gasteiger partial charge in [0, 0.05) is 46.7 Å². The molecule has 0 bridgehead atoms. The van der Waals surface area contributed by atoms with Crippen LogP contribution in [0.3, 0.4) is 0 Å². The van der Waals surface area contributed by atoms with Crippen molar-refractivity contribution in [2.24, 2.45) is 0 Å². The number of amides is 1. The van der Waals surface area contributed by atoms with Gasteiger partial charge in [-0.05, 0) is 66.6 Å². The van der Waals surface area contributed by atoms with Gasteiger partial charge in [0.1, 0.15) is 27.3 Å². The Morgan fingerprint density at radius 2 is 1.53 bits per heavy atom. The van der Waals surface area contributed by atoms with E-state index in [1.807, 2.05) is 60.0 Å². The molecule has 1 N–H and O–H groups in total. The Hall–Kier alpha value is -0.187. The van der Waals surface area contributed by atoms with Crippen molar-refractivity contribution in [3.8, 4) is 0 Å². The number of nitrogens with one attached hydrogen (secondary N) is 1. The molecule has 53 heavy (non-hydrogen) atoms. The van der Waals surface area contributed by atoms with Gasteiger partial charge >= 0.3 is 103 Å². The van der Waals surface area contributed by atoms with E-state index in [2.05, 4.69) is 23.7 Å². The van der Waals surface area contributed by atoms with Gasteiger partial charge in [-0.3, -0.25) is 4.79 Å². The average molecular weight is 946 g/mol. The second-order valence-electron chi connectivity index (χ2n) is 13.2. The molecule has 0 spiro atoms. The quantitative estimate of drug-likeness (QED) is 0.0611. The summed E-state index contributed by atoms with van der Waals surface area (Å²) < 4.78 is 110. The number of allylic oxidation sites excluding steroid dienone is 6. The summed E-state index contributed by atoms with van der Waals surface area (Å²) in [6.07, 6.45) is 8.91. The summed E-state index contributed by atoms with van der Waals surface area (Å²) in [5.41, 5.74) is 3.38. The van der Waals surface area contributed by atoms with Crippen molar-refractivity contribution in [3.63, 3.8) is 0 Å². The Morgan fingerprint density at radius 3 is 2.11 bits per heavy atom. The topological polar surface area (TPSA) is 207 Å². The van der Waals surface area contributed by atoms with Crippen LogP contribution in [0.1, 0.15) is 38.8 Å². The molecule has 0 unspecified atom stereocenters. The summed E-state index contributed by atoms with van der Waals surface area (Å²) in [5.74, 6) is -0.876. The van der Waals surface area contributed by atoms with Crippen LogP contribution in [0.15, 0.2) is 88.3 Å². The molecule has 272 valence electrons. The van der Waals surface area contributed by atoms with Crippen LogP contribution in [-0.4, -0.2) is 78.9 Å². The molecule has 19 heteroatoms. The number of hydrogen-bond acceptors (Lipinski definition) is 11. The first kappa shape index (κ1) is 47.2. The molecule has 0 saturated heterocycles. The van der Waals surface area contributed by atoms with Crippen LogP contribution in [0.25, 0.3) is 10.8 Å². The van der Waals surface area contributed by atoms with Crippen molar-refractivity contribution in [2.45, 2.75) is 48.3 Å². The van der Waals surface area contributed by atoms with Crippen molar-refractivity contribution in [3.05, 3.63) is 89.7 Å². The first-order valence-corrected chi connectivity index (χ1v) is 21.3. The largest absolute Gasteiger partial charge is 1.00 e. The van der Waals surface area contributed by atoms with Crippen molar-refractivity contribution in [2.75, 3.05) is 34.0 Å². The number of benzene rings is 3. The summed E-state index contributed by atoms with van der Waals surface area (Å²) in [7, 11) is -13.2. The number of anilines is 2. The Morgan fingerprint density at radius 1 is 0.868 bits per heavy atom. The third-order valence-corrected chi connectivity index (χ3v) is 12.3. The third-order valence-electron chi connectivity index (χ3n) is 9.19. The van der Waals surface area contributed by atoms with Crippen LogP contribution in [0.4, 0.5) is 17.1 Å². The van der Waals surface area contributed by atoms with Crippen molar-refractivity contribution >= 4 is 92.4 Å². The van der Waals surface area contributed by atoms with E-state index in [0.29, 0.717) is 33.1 Å². The number of hydrogen-bond donors (Lipinski definition) is 1. The summed E-state index contributed by atoms with van der Waals surface area (Å²) in [5, 5.41) is 2.79. The van der Waals surface area contributed by atoms with E-state index >= 15 is 0 Å². The van der Waals surface area contributed by atoms with Crippen molar-refractivity contribution in [1.82, 2.24) is 0 Å². The van der Waals surface area contributed by atoms with Gasteiger partial charge < -0.3 is 23.9 Å². The molecular weight excluding hydrogens is 912 g/mol. The van der Waals surface area contributed by atoms with Crippen LogP contribution in [-0.2, 0) is 46.0 Å². The van der Waals surface area contributed by atoms with Crippen LogP contribution in [0, 0.1) is 0 Å². The van der Waals surface area contributed by atoms with Crippen LogP contribution < -0.4 is 113 Å². The predicted molar refractivity (Wildman–Crippen MR) is 199 cm³/mol. The monoisotopic (exact) mass is 945 g/mol. The van der Waals surface area contributed by atoms with Crippen molar-refractivity contribution in [1.29, 1.82) is 0 Å². The van der Waals surface area contributed by atoms with Crippen molar-refractivity contribution < 1.29 is 151 Å². The zero-order chi connectivity index (χ0) is 37.9. The molecule has 0 atom stereocenters. The normalized spacial score (nSPS) is 17.3. The van der Waals surface area contributed by atoms with E-state index in [1.54, 1.807) is 37.0 Å². The van der Waals surface area contributed by atoms with E-state index in [4.69, 9.17) is 0 Å². The molecule has 3 aromatic rings. The molecule has 0 aromatic heterocycles. The van der Waals surface area contributed by atoms with Gasteiger partial charge in [0.2, 0.25) is 11.6 Å². The first-order chi connectivity index (χ1) is 23.5. The molecule has 0 saturated carbocycles. The van der Waals surface area contributed by atoms with E-state index in [0.717, 1.165) is 23.0 Å². The van der Waals surface area contributed by atoms with Gasteiger partial charge in [0.05, 0.1) is 35.5 Å². The zero-order valence-corrected chi connectivity index (χ0v) is 41.0. The fourth-order valence-corrected chi connectivity index (χ4v) is 8.81. The van der Waals surface area contributed by atoms with Gasteiger partial charge in [-0.15, -0.1) is 0 Å². The van der Waals surface area contributed by atoms with E-state index in [1.165, 1.54) is 12.1 Å². The maximum atomic E-state index is 12.2. The number of nitrogens with zero attached hydrogens (tertiary/aromatic N) is 2. The fourth-order valence-electron chi connectivity index (χ4n) is 6.90. The van der Waals surface area contributed by atoms with Crippen LogP contribution in [0.2, 0.25) is 0 Å². The van der Waals surface area contributed by atoms with Crippen LogP contribution in [0.5, 0.6) is 0 Å². The molecule has 0 radical (unpaired) electrons. The SMILES string of the molecule is C[N+]1=C(C=CC=CC=C2N(CCS(=O)(=O)[O-])c3ccc4c(S(=O)(=O)[O-])cc(S(=O)(=O)[O-])cc4c3C2(C)C)C(C)(C)c2cc(NC(=O)CI)ccc21.[K+].[K+]. The zero-order valence-electron chi connectivity index (χ0n) is 30.1. The molecule has 1 amide bonds. The average Bonchev–Trinajstić information content (AvgIpc) is 3.35. The molecule has 5 rings (SSSR count). The molecule has 0 fully saturated rings. The fraction of sp³-hybridized carbons (Fsp3) is 0.294. The Labute approximate surface area is 408 Å². The van der Waals surface area contributed by atoms with E-state index in [9.17, 15) is 43.7 Å². The summed E-state index contributed by atoms with van der Waals surface area (Å²) >= 11 is 2.00. The maximum Gasteiger partial charge on any atom is 1.00 e. The van der Waals surface area contributed by atoms with E-state index in [-0.39, 0.29) is 126 Å². The van der Waals surface area contributed by atoms with Gasteiger partial charge in [-0.1, -0.05) is 60.7 Å². The summed E-state index contributed by atoms with van der Waals surface area (Å²) in [4.78, 5) is 11.7. The third kappa shape index (κ3) is 9.93. The minimum absolute atomic E-state index is 0. The number of rotatable bonds is 10. The minimum atomic E-state index is -5.23. The molecular formula is C34H34IK2N3O10S3. The second kappa shape index (κ2) is 17.3. The number of fused-ring (bicyclic) bond motifs is 4. The van der Waals surface area contributed by atoms with Gasteiger partial charge in [-0.2, -0.15) is 4.58 Å². The summed E-state index contributed by atoms with van der Waals surface area (Å²) in [6.45, 7) is 7.32. The van der Waals surface area contributed by atoms with E-state index < -0.39 is 56.7 Å². The van der Waals surface area contributed by atoms with Gasteiger partial charge in [0.25, 0.3) is 0 Å². The second-order valence-corrected chi connectivity index (χ2v) is 18.2. The Bertz CT molecular complexity index is 2460. The van der Waals surface area contributed by atoms with Gasteiger partial charge in [0.15, 0.2) is 5.71 Å². The molecule has 2 heterocycles. The number of carbonyl (C=O) groups is 1. The molecule has 2 aliphatic rings. The number of carbonyl (C=O) groups excluding carboxylic acids is 1. The predicted octanol–water partition coefficient (Wildman–Crippen LogP) is -1.63. The minimum Gasteiger partial charge on any atom is -0.748 e. The Balaban J connectivity index is 0.00000378. The molecule has 13 nitrogen and oxygen atoms in total. The number of alkyl halides is 1. The molecule has 3 aromatic carbocycles. The Kier molecular flexibility index (Phi) is 15.4. The molecule has 0 aliphatic carbocycles. The number of halogens is 1. The molecule has 2 aliphatic heterocycles. The first-order valence-electron chi connectivity index (χ1n) is 15.4.